The molecule has 0 saturated heterocycles. The van der Waals surface area contributed by atoms with Crippen molar-refractivity contribution in [2.24, 2.45) is 5.73 Å². The van der Waals surface area contributed by atoms with Gasteiger partial charge in [0.1, 0.15) is 6.04 Å². The van der Waals surface area contributed by atoms with Crippen molar-refractivity contribution in [3.05, 3.63) is 0 Å². The van der Waals surface area contributed by atoms with Gasteiger partial charge in [0.05, 0.1) is 6.61 Å². The molecule has 74 valence electrons. The minimum absolute atomic E-state index is 0. The Morgan fingerprint density at radius 1 is 1.58 bits per heavy atom. The zero-order valence-corrected chi connectivity index (χ0v) is 7.77. The molecule has 0 saturated carbocycles. The maximum absolute atomic E-state index is 9.98. The molecule has 0 fully saturated rings. The lowest BCUT2D eigenvalue weighted by molar-refractivity contribution is -0.139. The SMILES string of the molecule is N[C@@H](COP(=O)(O)O)C(=O)O.S. The summed E-state index contributed by atoms with van der Waals surface area (Å²) < 4.78 is 13.8. The number of hydrogen-bond acceptors (Lipinski definition) is 4. The van der Waals surface area contributed by atoms with Crippen molar-refractivity contribution in [1.29, 1.82) is 0 Å². The van der Waals surface area contributed by atoms with Crippen LogP contribution in [0.2, 0.25) is 0 Å². The second-order valence-electron chi connectivity index (χ2n) is 1.73. The summed E-state index contributed by atoms with van der Waals surface area (Å²) in [4.78, 5) is 26.1. The van der Waals surface area contributed by atoms with E-state index in [1.807, 2.05) is 0 Å². The second kappa shape index (κ2) is 5.52. The lowest BCUT2D eigenvalue weighted by Gasteiger charge is -2.07. The Balaban J connectivity index is 0. The first-order valence-electron chi connectivity index (χ1n) is 2.51. The number of hydrogen-bond donors (Lipinski definition) is 4. The molecule has 0 aliphatic rings. The molecule has 0 aliphatic heterocycles. The van der Waals surface area contributed by atoms with Crippen molar-refractivity contribution in [2.75, 3.05) is 6.61 Å². The van der Waals surface area contributed by atoms with Gasteiger partial charge >= 0.3 is 13.8 Å². The molecule has 0 aliphatic carbocycles. The molecule has 7 nitrogen and oxygen atoms in total. The third kappa shape index (κ3) is 7.99. The van der Waals surface area contributed by atoms with Crippen LogP contribution in [0.5, 0.6) is 0 Å². The van der Waals surface area contributed by atoms with Crippen molar-refractivity contribution in [2.45, 2.75) is 6.04 Å². The molecule has 0 radical (unpaired) electrons. The van der Waals surface area contributed by atoms with E-state index in [1.165, 1.54) is 0 Å². The van der Waals surface area contributed by atoms with Crippen LogP contribution in [-0.4, -0.2) is 33.5 Å². The highest BCUT2D eigenvalue weighted by atomic mass is 32.1. The van der Waals surface area contributed by atoms with Crippen molar-refractivity contribution in [1.82, 2.24) is 0 Å². The van der Waals surface area contributed by atoms with Crippen LogP contribution in [0.1, 0.15) is 0 Å². The van der Waals surface area contributed by atoms with Gasteiger partial charge in [0.2, 0.25) is 0 Å². The predicted octanol–water partition coefficient (Wildman–Crippen LogP) is -1.38. The predicted molar refractivity (Wildman–Crippen MR) is 44.0 cm³/mol. The van der Waals surface area contributed by atoms with Gasteiger partial charge in [-0.1, -0.05) is 0 Å². The van der Waals surface area contributed by atoms with Gasteiger partial charge in [-0.25, -0.2) is 4.57 Å². The van der Waals surface area contributed by atoms with E-state index in [-0.39, 0.29) is 13.5 Å². The van der Waals surface area contributed by atoms with Crippen LogP contribution in [0, 0.1) is 0 Å². The Kier molecular flexibility index (Phi) is 6.63. The molecule has 0 spiro atoms. The Bertz CT molecular complexity index is 191. The van der Waals surface area contributed by atoms with Crippen LogP contribution in [0.15, 0.2) is 0 Å². The summed E-state index contributed by atoms with van der Waals surface area (Å²) in [5.41, 5.74) is 4.86. The number of nitrogens with two attached hydrogens (primary N) is 1. The number of phosphoric acid groups is 1. The average molecular weight is 219 g/mol. The fourth-order valence-electron chi connectivity index (χ4n) is 0.249. The number of phosphoric ester groups is 1. The highest BCUT2D eigenvalue weighted by Gasteiger charge is 2.19. The van der Waals surface area contributed by atoms with Gasteiger partial charge in [-0.3, -0.25) is 9.32 Å². The normalized spacial score (nSPS) is 13.2. The monoisotopic (exact) mass is 219 g/mol. The van der Waals surface area contributed by atoms with E-state index in [1.54, 1.807) is 0 Å². The van der Waals surface area contributed by atoms with Crippen LogP contribution in [0.25, 0.3) is 0 Å². The topological polar surface area (TPSA) is 130 Å². The highest BCUT2D eigenvalue weighted by Crippen LogP contribution is 2.35. The Morgan fingerprint density at radius 2 is 2.00 bits per heavy atom. The fourth-order valence-corrected chi connectivity index (χ4v) is 0.603. The van der Waals surface area contributed by atoms with Gasteiger partial charge in [-0.2, -0.15) is 13.5 Å². The van der Waals surface area contributed by atoms with Crippen molar-refractivity contribution in [3.8, 4) is 0 Å². The molecule has 1 atom stereocenters. The van der Waals surface area contributed by atoms with Gasteiger partial charge < -0.3 is 20.6 Å². The first kappa shape index (κ1) is 14.4. The van der Waals surface area contributed by atoms with Crippen molar-refractivity contribution < 1.29 is 28.8 Å². The van der Waals surface area contributed by atoms with Crippen molar-refractivity contribution >= 4 is 27.3 Å². The van der Waals surface area contributed by atoms with E-state index in [2.05, 4.69) is 4.52 Å². The number of rotatable bonds is 4. The van der Waals surface area contributed by atoms with Gasteiger partial charge in [0, 0.05) is 0 Å². The van der Waals surface area contributed by atoms with E-state index >= 15 is 0 Å². The lowest BCUT2D eigenvalue weighted by atomic mass is 10.3. The summed E-state index contributed by atoms with van der Waals surface area (Å²) in [6.45, 7) is -0.709. The van der Waals surface area contributed by atoms with E-state index in [0.717, 1.165) is 0 Å². The molecule has 0 rings (SSSR count). The van der Waals surface area contributed by atoms with E-state index in [4.69, 9.17) is 20.6 Å². The van der Waals surface area contributed by atoms with Crippen LogP contribution in [-0.2, 0) is 13.9 Å². The summed E-state index contributed by atoms with van der Waals surface area (Å²) in [5, 5.41) is 8.12. The minimum Gasteiger partial charge on any atom is -0.480 e. The third-order valence-corrected chi connectivity index (χ3v) is 1.22. The van der Waals surface area contributed by atoms with Gasteiger partial charge in [-0.15, -0.1) is 0 Å². The standard InChI is InChI=1S/C3H8NO6P.H2S/c4-2(3(5)6)1-10-11(7,8)9;/h2H,1,4H2,(H,5,6)(H2,7,8,9);1H2/t2-;/m0./s1. The van der Waals surface area contributed by atoms with Crippen LogP contribution in [0.3, 0.4) is 0 Å². The maximum atomic E-state index is 9.98. The summed E-state index contributed by atoms with van der Waals surface area (Å²) >= 11 is 0. The fraction of sp³-hybridized carbons (Fsp3) is 0.667. The first-order chi connectivity index (χ1) is 4.83. The number of aliphatic carboxylic acids is 1. The summed E-state index contributed by atoms with van der Waals surface area (Å²) in [5.74, 6) is -1.38. The molecule has 5 N–H and O–H groups in total. The quantitative estimate of drug-likeness (QED) is 0.428. The third-order valence-electron chi connectivity index (χ3n) is 0.739. The van der Waals surface area contributed by atoms with E-state index < -0.39 is 26.4 Å². The molecule has 0 aromatic heterocycles. The molecule has 12 heavy (non-hydrogen) atoms. The molecule has 0 heterocycles. The zero-order valence-electron chi connectivity index (χ0n) is 5.88. The molecular weight excluding hydrogens is 209 g/mol. The molecule has 0 bridgehead atoms. The molecular formula is C3H10NO6PS. The Morgan fingerprint density at radius 3 is 2.25 bits per heavy atom. The average Bonchev–Trinajstić information content (AvgIpc) is 1.80. The summed E-state index contributed by atoms with van der Waals surface area (Å²) in [6.07, 6.45) is 0. The van der Waals surface area contributed by atoms with E-state index in [0.29, 0.717) is 0 Å². The minimum atomic E-state index is -4.60. The highest BCUT2D eigenvalue weighted by molar-refractivity contribution is 7.59. The Labute approximate surface area is 75.2 Å². The van der Waals surface area contributed by atoms with Gasteiger partial charge in [0.15, 0.2) is 0 Å². The number of carboxylic acid groups (broad SMARTS) is 1. The molecule has 0 amide bonds. The lowest BCUT2D eigenvalue weighted by Crippen LogP contribution is -2.34. The molecule has 9 heteroatoms. The largest absolute Gasteiger partial charge is 0.480 e. The smallest absolute Gasteiger partial charge is 0.469 e. The molecule has 0 aromatic carbocycles. The van der Waals surface area contributed by atoms with Crippen LogP contribution in [0.4, 0.5) is 0 Å². The first-order valence-corrected chi connectivity index (χ1v) is 4.04. The van der Waals surface area contributed by atoms with Gasteiger partial charge in [0.25, 0.3) is 0 Å². The Hall–Kier alpha value is -0.110. The summed E-state index contributed by atoms with van der Waals surface area (Å²) in [7, 11) is -4.60. The summed E-state index contributed by atoms with van der Waals surface area (Å²) in [6, 6.07) is -1.41. The second-order valence-corrected chi connectivity index (χ2v) is 2.97. The van der Waals surface area contributed by atoms with Gasteiger partial charge in [-0.05, 0) is 0 Å². The van der Waals surface area contributed by atoms with Crippen LogP contribution < -0.4 is 5.73 Å². The molecule has 0 aromatic rings. The molecule has 0 unspecified atom stereocenters. The number of carboxylic acids is 1. The van der Waals surface area contributed by atoms with Crippen molar-refractivity contribution in [3.63, 3.8) is 0 Å². The van der Waals surface area contributed by atoms with E-state index in [9.17, 15) is 9.36 Å². The number of carbonyl (C=O) groups is 1. The zero-order chi connectivity index (χ0) is 9.07. The van der Waals surface area contributed by atoms with Crippen LogP contribution >= 0.6 is 21.3 Å². The maximum Gasteiger partial charge on any atom is 0.469 e.